The molecule has 3 nitrogen and oxygen atoms in total. The number of rotatable bonds is 4. The first-order valence-corrected chi connectivity index (χ1v) is 5.25. The fourth-order valence-electron chi connectivity index (χ4n) is 1.82. The SMILES string of the molecule is O=C(O)CCCc1c(F)cc2cc[nH]c2c1F. The lowest BCUT2D eigenvalue weighted by Crippen LogP contribution is -2.00. The van der Waals surface area contributed by atoms with Crippen molar-refractivity contribution in [3.8, 4) is 0 Å². The first-order chi connectivity index (χ1) is 8.09. The van der Waals surface area contributed by atoms with E-state index in [1.807, 2.05) is 0 Å². The van der Waals surface area contributed by atoms with Crippen molar-refractivity contribution in [2.24, 2.45) is 0 Å². The first kappa shape index (κ1) is 11.6. The predicted octanol–water partition coefficient (Wildman–Crippen LogP) is 2.85. The molecule has 0 unspecified atom stereocenters. The number of H-pyrrole nitrogens is 1. The average Bonchev–Trinajstić information content (AvgIpc) is 2.70. The van der Waals surface area contributed by atoms with E-state index in [0.717, 1.165) is 0 Å². The number of nitrogens with one attached hydrogen (secondary N) is 1. The quantitative estimate of drug-likeness (QED) is 0.861. The van der Waals surface area contributed by atoms with E-state index in [1.54, 1.807) is 6.07 Å². The summed E-state index contributed by atoms with van der Waals surface area (Å²) in [5.74, 6) is -2.22. The van der Waals surface area contributed by atoms with Gasteiger partial charge in [-0.25, -0.2) is 8.78 Å². The van der Waals surface area contributed by atoms with Crippen LogP contribution in [0.15, 0.2) is 18.3 Å². The number of benzene rings is 1. The molecule has 0 radical (unpaired) electrons. The molecule has 0 atom stereocenters. The number of aromatic nitrogens is 1. The Morgan fingerprint density at radius 1 is 1.41 bits per heavy atom. The second-order valence-corrected chi connectivity index (χ2v) is 3.84. The van der Waals surface area contributed by atoms with E-state index < -0.39 is 17.6 Å². The van der Waals surface area contributed by atoms with Gasteiger partial charge in [0.15, 0.2) is 5.82 Å². The molecule has 0 spiro atoms. The van der Waals surface area contributed by atoms with Gasteiger partial charge in [0.1, 0.15) is 5.82 Å². The highest BCUT2D eigenvalue weighted by atomic mass is 19.1. The molecule has 0 saturated heterocycles. The third kappa shape index (κ3) is 2.27. The van der Waals surface area contributed by atoms with Crippen LogP contribution in [-0.4, -0.2) is 16.1 Å². The van der Waals surface area contributed by atoms with Crippen LogP contribution in [0.25, 0.3) is 10.9 Å². The van der Waals surface area contributed by atoms with E-state index in [0.29, 0.717) is 5.39 Å². The third-order valence-electron chi connectivity index (χ3n) is 2.65. The molecule has 2 N–H and O–H groups in total. The molecule has 1 aromatic carbocycles. The molecule has 0 aliphatic carbocycles. The molecule has 1 aromatic heterocycles. The fourth-order valence-corrected chi connectivity index (χ4v) is 1.82. The molecular formula is C12H11F2NO2. The summed E-state index contributed by atoms with van der Waals surface area (Å²) in [5, 5.41) is 8.95. The van der Waals surface area contributed by atoms with Gasteiger partial charge in [-0.15, -0.1) is 0 Å². The van der Waals surface area contributed by atoms with Crippen molar-refractivity contribution in [3.63, 3.8) is 0 Å². The maximum absolute atomic E-state index is 13.9. The number of carboxylic acid groups (broad SMARTS) is 1. The molecule has 0 amide bonds. The lowest BCUT2D eigenvalue weighted by Gasteiger charge is -2.05. The highest BCUT2D eigenvalue weighted by Gasteiger charge is 2.14. The molecular weight excluding hydrogens is 228 g/mol. The predicted molar refractivity (Wildman–Crippen MR) is 58.8 cm³/mol. The molecule has 90 valence electrons. The number of halogens is 2. The Balaban J connectivity index is 2.29. The number of carboxylic acids is 1. The van der Waals surface area contributed by atoms with Crippen LogP contribution in [0.4, 0.5) is 8.78 Å². The van der Waals surface area contributed by atoms with Crippen LogP contribution < -0.4 is 0 Å². The maximum atomic E-state index is 13.9. The topological polar surface area (TPSA) is 53.1 Å². The van der Waals surface area contributed by atoms with Gasteiger partial charge in [0.2, 0.25) is 0 Å². The molecule has 2 aromatic rings. The van der Waals surface area contributed by atoms with Crippen LogP contribution in [0, 0.1) is 11.6 Å². The minimum absolute atomic E-state index is 0.0544. The Morgan fingerprint density at radius 3 is 2.88 bits per heavy atom. The van der Waals surface area contributed by atoms with Crippen molar-refractivity contribution >= 4 is 16.9 Å². The van der Waals surface area contributed by atoms with Crippen molar-refractivity contribution in [1.29, 1.82) is 0 Å². The van der Waals surface area contributed by atoms with Crippen molar-refractivity contribution in [1.82, 2.24) is 4.98 Å². The molecule has 0 aliphatic heterocycles. The van der Waals surface area contributed by atoms with Crippen molar-refractivity contribution in [2.75, 3.05) is 0 Å². The number of aliphatic carboxylic acids is 1. The van der Waals surface area contributed by atoms with Gasteiger partial charge in [0, 0.05) is 23.6 Å². The van der Waals surface area contributed by atoms with Gasteiger partial charge in [-0.05, 0) is 25.0 Å². The molecule has 2 rings (SSSR count). The zero-order valence-electron chi connectivity index (χ0n) is 8.96. The number of aromatic amines is 1. The summed E-state index contributed by atoms with van der Waals surface area (Å²) < 4.78 is 27.5. The molecule has 17 heavy (non-hydrogen) atoms. The van der Waals surface area contributed by atoms with Gasteiger partial charge < -0.3 is 10.1 Å². The van der Waals surface area contributed by atoms with Crippen LogP contribution in [-0.2, 0) is 11.2 Å². The summed E-state index contributed by atoms with van der Waals surface area (Å²) in [5.41, 5.74) is 0.206. The molecule has 0 bridgehead atoms. The summed E-state index contributed by atoms with van der Waals surface area (Å²) in [4.78, 5) is 13.0. The molecule has 0 aliphatic rings. The Labute approximate surface area is 96.1 Å². The standard InChI is InChI=1S/C12H11F2NO2/c13-9-6-7-4-5-15-12(7)11(14)8(9)2-1-3-10(16)17/h4-6,15H,1-3H2,(H,16,17). The lowest BCUT2D eigenvalue weighted by atomic mass is 10.0. The smallest absolute Gasteiger partial charge is 0.303 e. The van der Waals surface area contributed by atoms with Gasteiger partial charge in [0.05, 0.1) is 5.52 Å². The summed E-state index contributed by atoms with van der Waals surface area (Å²) >= 11 is 0. The highest BCUT2D eigenvalue weighted by Crippen LogP contribution is 2.24. The van der Waals surface area contributed by atoms with Crippen LogP contribution >= 0.6 is 0 Å². The molecule has 5 heteroatoms. The summed E-state index contributed by atoms with van der Waals surface area (Å²) in [6, 6.07) is 2.84. The van der Waals surface area contributed by atoms with E-state index in [9.17, 15) is 13.6 Å². The molecule has 1 heterocycles. The monoisotopic (exact) mass is 239 g/mol. The number of hydrogen-bond donors (Lipinski definition) is 2. The second-order valence-electron chi connectivity index (χ2n) is 3.84. The largest absolute Gasteiger partial charge is 0.481 e. The fraction of sp³-hybridized carbons (Fsp3) is 0.250. The van der Waals surface area contributed by atoms with Gasteiger partial charge in [-0.2, -0.15) is 0 Å². The van der Waals surface area contributed by atoms with Crippen molar-refractivity contribution < 1.29 is 18.7 Å². The zero-order valence-corrected chi connectivity index (χ0v) is 8.96. The number of hydrogen-bond acceptors (Lipinski definition) is 1. The van der Waals surface area contributed by atoms with E-state index in [4.69, 9.17) is 5.11 Å². The molecule has 0 saturated carbocycles. The Kier molecular flexibility index (Phi) is 3.08. The average molecular weight is 239 g/mol. The summed E-state index contributed by atoms with van der Waals surface area (Å²) in [7, 11) is 0. The third-order valence-corrected chi connectivity index (χ3v) is 2.65. The van der Waals surface area contributed by atoms with Crippen LogP contribution in [0.1, 0.15) is 18.4 Å². The number of carbonyl (C=O) groups is 1. The van der Waals surface area contributed by atoms with Crippen molar-refractivity contribution in [3.05, 3.63) is 35.5 Å². The summed E-state index contributed by atoms with van der Waals surface area (Å²) in [6.07, 6.45) is 1.74. The van der Waals surface area contributed by atoms with E-state index in [-0.39, 0.29) is 30.3 Å². The van der Waals surface area contributed by atoms with Gasteiger partial charge >= 0.3 is 5.97 Å². The van der Waals surface area contributed by atoms with Gasteiger partial charge in [0.25, 0.3) is 0 Å². The normalized spacial score (nSPS) is 10.9. The van der Waals surface area contributed by atoms with Gasteiger partial charge in [-0.1, -0.05) is 0 Å². The Hall–Kier alpha value is -1.91. The Bertz CT molecular complexity index is 563. The first-order valence-electron chi connectivity index (χ1n) is 5.25. The van der Waals surface area contributed by atoms with Gasteiger partial charge in [-0.3, -0.25) is 4.79 Å². The summed E-state index contributed by atoms with van der Waals surface area (Å²) in [6.45, 7) is 0. The zero-order chi connectivity index (χ0) is 12.4. The maximum Gasteiger partial charge on any atom is 0.303 e. The van der Waals surface area contributed by atoms with E-state index >= 15 is 0 Å². The molecule has 0 fully saturated rings. The lowest BCUT2D eigenvalue weighted by molar-refractivity contribution is -0.137. The second kappa shape index (κ2) is 4.53. The van der Waals surface area contributed by atoms with E-state index in [1.165, 1.54) is 12.3 Å². The highest BCUT2D eigenvalue weighted by molar-refractivity contribution is 5.80. The minimum Gasteiger partial charge on any atom is -0.481 e. The van der Waals surface area contributed by atoms with Crippen LogP contribution in [0.5, 0.6) is 0 Å². The minimum atomic E-state index is -0.966. The van der Waals surface area contributed by atoms with E-state index in [2.05, 4.69) is 4.98 Å². The van der Waals surface area contributed by atoms with Crippen LogP contribution in [0.3, 0.4) is 0 Å². The number of fused-ring (bicyclic) bond motifs is 1. The van der Waals surface area contributed by atoms with Crippen LogP contribution in [0.2, 0.25) is 0 Å². The van der Waals surface area contributed by atoms with Crippen molar-refractivity contribution in [2.45, 2.75) is 19.3 Å². The Morgan fingerprint density at radius 2 is 2.18 bits per heavy atom.